The van der Waals surface area contributed by atoms with Crippen molar-refractivity contribution in [3.8, 4) is 18.1 Å². The first-order chi connectivity index (χ1) is 11.8. The molecular weight excluding hydrogens is 296 g/mol. The maximum atomic E-state index is 5.83. The summed E-state index contributed by atoms with van der Waals surface area (Å²) >= 11 is 0. The molecular formula is C21H18N2O. The average molecular weight is 314 g/mol. The van der Waals surface area contributed by atoms with Gasteiger partial charge >= 0.3 is 0 Å². The molecule has 0 aliphatic rings. The van der Waals surface area contributed by atoms with Gasteiger partial charge in [-0.05, 0) is 47.5 Å². The molecule has 0 atom stereocenters. The molecule has 118 valence electrons. The number of benzene rings is 2. The molecule has 0 fully saturated rings. The maximum Gasteiger partial charge on any atom is 0.121 e. The molecule has 0 bridgehead atoms. The summed E-state index contributed by atoms with van der Waals surface area (Å²) in [5.74, 6) is 3.45. The largest absolute Gasteiger partial charge is 0.489 e. The van der Waals surface area contributed by atoms with Crippen LogP contribution in [-0.2, 0) is 13.2 Å². The summed E-state index contributed by atoms with van der Waals surface area (Å²) in [7, 11) is 0. The van der Waals surface area contributed by atoms with Crippen LogP contribution in [0, 0.1) is 12.3 Å². The minimum atomic E-state index is 0.527. The molecule has 24 heavy (non-hydrogen) atoms. The minimum Gasteiger partial charge on any atom is -0.489 e. The molecule has 0 spiro atoms. The Balaban J connectivity index is 1.57. The Morgan fingerprint density at radius 1 is 0.958 bits per heavy atom. The Kier molecular flexibility index (Phi) is 5.11. The summed E-state index contributed by atoms with van der Waals surface area (Å²) in [4.78, 5) is 4.00. The standard InChI is InChI=1S/C21H18N2O/c1-2-17-6-8-18(9-7-17)15-23-20-4-3-5-21(14-20)24-16-19-10-12-22-13-11-19/h1,3-14,23H,15-16H2. The molecule has 1 heterocycles. The fraction of sp³-hybridized carbons (Fsp3) is 0.0952. The van der Waals surface area contributed by atoms with Crippen molar-refractivity contribution in [2.24, 2.45) is 0 Å². The Labute approximate surface area is 142 Å². The number of ether oxygens (including phenoxy) is 1. The van der Waals surface area contributed by atoms with E-state index in [2.05, 4.69) is 16.2 Å². The zero-order valence-corrected chi connectivity index (χ0v) is 13.3. The molecule has 1 aromatic heterocycles. The van der Waals surface area contributed by atoms with Crippen LogP contribution in [0.1, 0.15) is 16.7 Å². The Hall–Kier alpha value is -3.25. The van der Waals surface area contributed by atoms with Gasteiger partial charge in [0.05, 0.1) is 0 Å². The molecule has 3 rings (SSSR count). The number of nitrogens with zero attached hydrogens (tertiary/aromatic N) is 1. The monoisotopic (exact) mass is 314 g/mol. The van der Waals surface area contributed by atoms with E-state index in [1.54, 1.807) is 12.4 Å². The van der Waals surface area contributed by atoms with E-state index in [1.165, 1.54) is 5.56 Å². The second-order valence-electron chi connectivity index (χ2n) is 5.37. The molecule has 0 aliphatic heterocycles. The van der Waals surface area contributed by atoms with E-state index in [9.17, 15) is 0 Å². The predicted octanol–water partition coefficient (Wildman–Crippen LogP) is 4.25. The van der Waals surface area contributed by atoms with E-state index >= 15 is 0 Å². The quantitative estimate of drug-likeness (QED) is 0.691. The lowest BCUT2D eigenvalue weighted by molar-refractivity contribution is 0.306. The van der Waals surface area contributed by atoms with Crippen LogP contribution in [0.4, 0.5) is 5.69 Å². The molecule has 0 amide bonds. The Morgan fingerprint density at radius 2 is 1.75 bits per heavy atom. The summed E-state index contributed by atoms with van der Waals surface area (Å²) in [6.07, 6.45) is 8.90. The van der Waals surface area contributed by atoms with Crippen LogP contribution in [0.2, 0.25) is 0 Å². The summed E-state index contributed by atoms with van der Waals surface area (Å²) < 4.78 is 5.83. The Morgan fingerprint density at radius 3 is 2.50 bits per heavy atom. The number of aromatic nitrogens is 1. The molecule has 2 aromatic carbocycles. The van der Waals surface area contributed by atoms with E-state index in [0.717, 1.165) is 29.1 Å². The number of anilines is 1. The lowest BCUT2D eigenvalue weighted by Gasteiger charge is -2.10. The highest BCUT2D eigenvalue weighted by Crippen LogP contribution is 2.19. The maximum absolute atomic E-state index is 5.83. The summed E-state index contributed by atoms with van der Waals surface area (Å²) in [6.45, 7) is 1.26. The molecule has 0 unspecified atom stereocenters. The van der Waals surface area contributed by atoms with Crippen molar-refractivity contribution >= 4 is 5.69 Å². The van der Waals surface area contributed by atoms with E-state index in [0.29, 0.717) is 6.61 Å². The van der Waals surface area contributed by atoms with Crippen molar-refractivity contribution in [1.82, 2.24) is 4.98 Å². The predicted molar refractivity (Wildman–Crippen MR) is 96.7 cm³/mol. The van der Waals surface area contributed by atoms with E-state index < -0.39 is 0 Å². The van der Waals surface area contributed by atoms with Crippen LogP contribution in [0.15, 0.2) is 73.1 Å². The van der Waals surface area contributed by atoms with Crippen molar-refractivity contribution in [3.05, 3.63) is 89.7 Å². The van der Waals surface area contributed by atoms with Crippen molar-refractivity contribution < 1.29 is 4.74 Å². The van der Waals surface area contributed by atoms with Gasteiger partial charge in [0.1, 0.15) is 12.4 Å². The normalized spacial score (nSPS) is 9.96. The highest BCUT2D eigenvalue weighted by Gasteiger charge is 1.99. The topological polar surface area (TPSA) is 34.1 Å². The second-order valence-corrected chi connectivity index (χ2v) is 5.37. The zero-order chi connectivity index (χ0) is 16.6. The van der Waals surface area contributed by atoms with Crippen molar-refractivity contribution in [2.75, 3.05) is 5.32 Å². The van der Waals surface area contributed by atoms with Gasteiger partial charge in [-0.1, -0.05) is 24.1 Å². The number of nitrogens with one attached hydrogen (secondary N) is 1. The van der Waals surface area contributed by atoms with E-state index in [1.807, 2.05) is 60.7 Å². The third-order valence-electron chi connectivity index (χ3n) is 3.61. The first kappa shape index (κ1) is 15.6. The number of pyridine rings is 1. The smallest absolute Gasteiger partial charge is 0.121 e. The van der Waals surface area contributed by atoms with Gasteiger partial charge in [-0.3, -0.25) is 4.98 Å². The van der Waals surface area contributed by atoms with Gasteiger partial charge in [-0.2, -0.15) is 0 Å². The third kappa shape index (κ3) is 4.37. The first-order valence-electron chi connectivity index (χ1n) is 7.75. The second kappa shape index (κ2) is 7.85. The molecule has 3 nitrogen and oxygen atoms in total. The molecule has 0 saturated carbocycles. The van der Waals surface area contributed by atoms with Gasteiger partial charge in [0.15, 0.2) is 0 Å². The van der Waals surface area contributed by atoms with Crippen LogP contribution in [0.3, 0.4) is 0 Å². The van der Waals surface area contributed by atoms with Crippen molar-refractivity contribution in [2.45, 2.75) is 13.2 Å². The number of hydrogen-bond donors (Lipinski definition) is 1. The van der Waals surface area contributed by atoms with Gasteiger partial charge in [-0.15, -0.1) is 6.42 Å². The molecule has 0 saturated heterocycles. The fourth-order valence-electron chi connectivity index (χ4n) is 2.26. The van der Waals surface area contributed by atoms with E-state index in [-0.39, 0.29) is 0 Å². The van der Waals surface area contributed by atoms with Crippen LogP contribution >= 0.6 is 0 Å². The summed E-state index contributed by atoms with van der Waals surface area (Å²) in [5, 5.41) is 3.40. The number of hydrogen-bond acceptors (Lipinski definition) is 3. The van der Waals surface area contributed by atoms with Gasteiger partial charge in [0, 0.05) is 36.3 Å². The molecule has 0 radical (unpaired) electrons. The number of terminal acetylenes is 1. The lowest BCUT2D eigenvalue weighted by atomic mass is 10.1. The van der Waals surface area contributed by atoms with Gasteiger partial charge < -0.3 is 10.1 Å². The summed E-state index contributed by atoms with van der Waals surface area (Å²) in [5.41, 5.74) is 4.18. The van der Waals surface area contributed by atoms with Crippen LogP contribution in [-0.4, -0.2) is 4.98 Å². The van der Waals surface area contributed by atoms with Gasteiger partial charge in [0.25, 0.3) is 0 Å². The highest BCUT2D eigenvalue weighted by molar-refractivity contribution is 5.48. The van der Waals surface area contributed by atoms with Crippen LogP contribution in [0.25, 0.3) is 0 Å². The van der Waals surface area contributed by atoms with Gasteiger partial charge in [-0.25, -0.2) is 0 Å². The molecule has 3 aromatic rings. The highest BCUT2D eigenvalue weighted by atomic mass is 16.5. The minimum absolute atomic E-state index is 0.527. The fourth-order valence-corrected chi connectivity index (χ4v) is 2.26. The van der Waals surface area contributed by atoms with Crippen LogP contribution in [0.5, 0.6) is 5.75 Å². The summed E-state index contributed by atoms with van der Waals surface area (Å²) in [6, 6.07) is 19.8. The van der Waals surface area contributed by atoms with E-state index in [4.69, 9.17) is 11.2 Å². The lowest BCUT2D eigenvalue weighted by Crippen LogP contribution is -2.00. The SMILES string of the molecule is C#Cc1ccc(CNc2cccc(OCc3ccncc3)c2)cc1. The zero-order valence-electron chi connectivity index (χ0n) is 13.3. The average Bonchev–Trinajstić information content (AvgIpc) is 2.66. The molecule has 3 heteroatoms. The Bertz CT molecular complexity index is 820. The molecule has 0 aliphatic carbocycles. The number of rotatable bonds is 6. The molecule has 1 N–H and O–H groups in total. The van der Waals surface area contributed by atoms with Gasteiger partial charge in [0.2, 0.25) is 0 Å². The first-order valence-corrected chi connectivity index (χ1v) is 7.75. The van der Waals surface area contributed by atoms with Crippen molar-refractivity contribution in [3.63, 3.8) is 0 Å². The van der Waals surface area contributed by atoms with Crippen LogP contribution < -0.4 is 10.1 Å². The third-order valence-corrected chi connectivity index (χ3v) is 3.61. The van der Waals surface area contributed by atoms with Crippen molar-refractivity contribution in [1.29, 1.82) is 0 Å².